The summed E-state index contributed by atoms with van der Waals surface area (Å²) in [6.07, 6.45) is 5.35. The maximum Gasteiger partial charge on any atom is 0.220 e. The zero-order valence-electron chi connectivity index (χ0n) is 10.9. The molecule has 100 valence electrons. The molecule has 1 atom stereocenters. The fourth-order valence-corrected chi connectivity index (χ4v) is 2.48. The smallest absolute Gasteiger partial charge is 0.220 e. The number of ether oxygens (including phenoxy) is 1. The van der Waals surface area contributed by atoms with Crippen LogP contribution in [0.3, 0.4) is 0 Å². The lowest BCUT2D eigenvalue weighted by atomic mass is 9.80. The molecule has 0 radical (unpaired) electrons. The van der Waals surface area contributed by atoms with Crippen LogP contribution in [0.2, 0.25) is 0 Å². The number of hydrogen-bond donors (Lipinski definition) is 1. The summed E-state index contributed by atoms with van der Waals surface area (Å²) in [7, 11) is 0. The first-order valence-electron chi connectivity index (χ1n) is 6.64. The fraction of sp³-hybridized carbons (Fsp3) is 0.923. The van der Waals surface area contributed by atoms with E-state index in [2.05, 4.69) is 28.2 Å². The van der Waals surface area contributed by atoms with Crippen LogP contribution in [-0.2, 0) is 9.53 Å². The fourth-order valence-electron chi connectivity index (χ4n) is 2.16. The van der Waals surface area contributed by atoms with Gasteiger partial charge >= 0.3 is 0 Å². The Hall–Kier alpha value is -0.0900. The standard InChI is InChI=1S/C13H24BrNO2/c1-3-17-12-7-11(8-12)9-13(16)15-6-4-5-10(2)14/h10-12H,3-9H2,1-2H3,(H,15,16). The van der Waals surface area contributed by atoms with Crippen molar-refractivity contribution in [2.24, 2.45) is 5.92 Å². The first kappa shape index (κ1) is 15.0. The highest BCUT2D eigenvalue weighted by Gasteiger charge is 2.30. The average molecular weight is 306 g/mol. The van der Waals surface area contributed by atoms with Crippen LogP contribution in [-0.4, -0.2) is 30.0 Å². The summed E-state index contributed by atoms with van der Waals surface area (Å²) >= 11 is 3.50. The molecule has 0 aromatic heterocycles. The van der Waals surface area contributed by atoms with Crippen molar-refractivity contribution in [3.63, 3.8) is 0 Å². The van der Waals surface area contributed by atoms with E-state index < -0.39 is 0 Å². The van der Waals surface area contributed by atoms with Crippen LogP contribution in [0.1, 0.15) is 46.0 Å². The second kappa shape index (κ2) is 8.09. The molecule has 0 aliphatic heterocycles. The number of nitrogens with one attached hydrogen (secondary N) is 1. The van der Waals surface area contributed by atoms with Gasteiger partial charge in [0, 0.05) is 24.4 Å². The second-order valence-corrected chi connectivity index (χ2v) is 6.46. The van der Waals surface area contributed by atoms with E-state index in [4.69, 9.17) is 4.74 Å². The maximum atomic E-state index is 11.6. The quantitative estimate of drug-likeness (QED) is 0.553. The van der Waals surface area contributed by atoms with Gasteiger partial charge in [0.25, 0.3) is 0 Å². The molecule has 1 rings (SSSR count). The summed E-state index contributed by atoms with van der Waals surface area (Å²) in [5.41, 5.74) is 0. The van der Waals surface area contributed by atoms with E-state index in [0.29, 0.717) is 23.3 Å². The van der Waals surface area contributed by atoms with Gasteiger partial charge in [-0.2, -0.15) is 0 Å². The van der Waals surface area contributed by atoms with Gasteiger partial charge in [-0.05, 0) is 38.5 Å². The largest absolute Gasteiger partial charge is 0.378 e. The molecular formula is C13H24BrNO2. The van der Waals surface area contributed by atoms with Crippen molar-refractivity contribution >= 4 is 21.8 Å². The van der Waals surface area contributed by atoms with Crippen molar-refractivity contribution in [3.8, 4) is 0 Å². The normalized spacial score (nSPS) is 25.1. The topological polar surface area (TPSA) is 38.3 Å². The summed E-state index contributed by atoms with van der Waals surface area (Å²) < 4.78 is 5.48. The zero-order valence-corrected chi connectivity index (χ0v) is 12.5. The molecule has 3 nitrogen and oxygen atoms in total. The highest BCUT2D eigenvalue weighted by atomic mass is 79.9. The van der Waals surface area contributed by atoms with E-state index in [1.165, 1.54) is 0 Å². The Labute approximate surface area is 113 Å². The lowest BCUT2D eigenvalue weighted by molar-refractivity contribution is -0.124. The minimum Gasteiger partial charge on any atom is -0.378 e. The molecule has 0 bridgehead atoms. The Kier molecular flexibility index (Phi) is 7.12. The lowest BCUT2D eigenvalue weighted by Gasteiger charge is -2.34. The van der Waals surface area contributed by atoms with Crippen LogP contribution >= 0.6 is 15.9 Å². The van der Waals surface area contributed by atoms with Crippen LogP contribution in [0, 0.1) is 5.92 Å². The molecule has 0 aromatic carbocycles. The molecule has 17 heavy (non-hydrogen) atoms. The van der Waals surface area contributed by atoms with Crippen LogP contribution in [0.15, 0.2) is 0 Å². The molecule has 0 aromatic rings. The molecule has 0 saturated heterocycles. The molecule has 1 fully saturated rings. The highest BCUT2D eigenvalue weighted by Crippen LogP contribution is 2.32. The molecule has 1 N–H and O–H groups in total. The summed E-state index contributed by atoms with van der Waals surface area (Å²) in [6.45, 7) is 5.74. The summed E-state index contributed by atoms with van der Waals surface area (Å²) in [4.78, 5) is 12.1. The van der Waals surface area contributed by atoms with E-state index in [-0.39, 0.29) is 5.91 Å². The van der Waals surface area contributed by atoms with Gasteiger partial charge in [-0.1, -0.05) is 22.9 Å². The number of carbonyl (C=O) groups is 1. The maximum absolute atomic E-state index is 11.6. The Bertz CT molecular complexity index is 227. The molecule has 0 heterocycles. The van der Waals surface area contributed by atoms with Gasteiger partial charge in [0.2, 0.25) is 5.91 Å². The van der Waals surface area contributed by atoms with Crippen LogP contribution < -0.4 is 5.32 Å². The minimum atomic E-state index is 0.201. The van der Waals surface area contributed by atoms with E-state index in [0.717, 1.165) is 38.8 Å². The van der Waals surface area contributed by atoms with E-state index in [1.807, 2.05) is 6.92 Å². The van der Waals surface area contributed by atoms with Gasteiger partial charge in [-0.3, -0.25) is 4.79 Å². The third kappa shape index (κ3) is 6.41. The predicted octanol–water partition coefficient (Wildman–Crippen LogP) is 2.87. The van der Waals surface area contributed by atoms with Crippen molar-refractivity contribution in [2.45, 2.75) is 56.9 Å². The average Bonchev–Trinajstić information content (AvgIpc) is 2.21. The van der Waals surface area contributed by atoms with Crippen molar-refractivity contribution in [1.82, 2.24) is 5.32 Å². The molecule has 1 saturated carbocycles. The van der Waals surface area contributed by atoms with Crippen LogP contribution in [0.5, 0.6) is 0 Å². The lowest BCUT2D eigenvalue weighted by Crippen LogP contribution is -2.36. The Morgan fingerprint density at radius 3 is 2.82 bits per heavy atom. The summed E-state index contributed by atoms with van der Waals surface area (Å²) in [5.74, 6) is 0.744. The molecule has 1 unspecified atom stereocenters. The van der Waals surface area contributed by atoms with Gasteiger partial charge in [0.15, 0.2) is 0 Å². The molecule has 1 aliphatic carbocycles. The first-order chi connectivity index (χ1) is 8.11. The molecule has 4 heteroatoms. The molecule has 0 spiro atoms. The van der Waals surface area contributed by atoms with Gasteiger partial charge in [0.1, 0.15) is 0 Å². The minimum absolute atomic E-state index is 0.201. The number of rotatable bonds is 8. The predicted molar refractivity (Wildman–Crippen MR) is 73.4 cm³/mol. The van der Waals surface area contributed by atoms with Gasteiger partial charge in [0.05, 0.1) is 6.10 Å². The van der Waals surface area contributed by atoms with Crippen molar-refractivity contribution in [1.29, 1.82) is 0 Å². The van der Waals surface area contributed by atoms with Gasteiger partial charge in [-0.25, -0.2) is 0 Å². The third-order valence-electron chi connectivity index (χ3n) is 3.17. The Morgan fingerprint density at radius 1 is 1.53 bits per heavy atom. The highest BCUT2D eigenvalue weighted by molar-refractivity contribution is 9.09. The zero-order chi connectivity index (χ0) is 12.7. The van der Waals surface area contributed by atoms with Crippen molar-refractivity contribution in [2.75, 3.05) is 13.2 Å². The Balaban J connectivity index is 1.96. The molecule has 1 amide bonds. The number of amides is 1. The molecule has 1 aliphatic rings. The summed E-state index contributed by atoms with van der Waals surface area (Å²) in [5, 5.41) is 2.98. The number of carbonyl (C=O) groups excluding carboxylic acids is 1. The van der Waals surface area contributed by atoms with E-state index in [9.17, 15) is 4.79 Å². The number of hydrogen-bond acceptors (Lipinski definition) is 2. The van der Waals surface area contributed by atoms with Gasteiger partial charge < -0.3 is 10.1 Å². The van der Waals surface area contributed by atoms with Gasteiger partial charge in [-0.15, -0.1) is 0 Å². The third-order valence-corrected chi connectivity index (χ3v) is 3.63. The van der Waals surface area contributed by atoms with Crippen molar-refractivity contribution in [3.05, 3.63) is 0 Å². The number of halogens is 1. The van der Waals surface area contributed by atoms with Crippen LogP contribution in [0.4, 0.5) is 0 Å². The first-order valence-corrected chi connectivity index (χ1v) is 7.55. The van der Waals surface area contributed by atoms with E-state index >= 15 is 0 Å². The Morgan fingerprint density at radius 2 is 2.24 bits per heavy atom. The number of alkyl halides is 1. The van der Waals surface area contributed by atoms with Crippen LogP contribution in [0.25, 0.3) is 0 Å². The summed E-state index contributed by atoms with van der Waals surface area (Å²) in [6, 6.07) is 0. The monoisotopic (exact) mass is 305 g/mol. The van der Waals surface area contributed by atoms with E-state index in [1.54, 1.807) is 0 Å². The second-order valence-electron chi connectivity index (χ2n) is 4.89. The SMILES string of the molecule is CCOC1CC(CC(=O)NCCCC(C)Br)C1. The molecular weight excluding hydrogens is 282 g/mol. The van der Waals surface area contributed by atoms with Crippen molar-refractivity contribution < 1.29 is 9.53 Å².